The number of aromatic nitrogens is 2. The highest BCUT2D eigenvalue weighted by Gasteiger charge is 2.08. The maximum absolute atomic E-state index is 11.6. The lowest BCUT2D eigenvalue weighted by Crippen LogP contribution is -2.00. The van der Waals surface area contributed by atoms with Crippen molar-refractivity contribution in [3.8, 4) is 0 Å². The van der Waals surface area contributed by atoms with Crippen LogP contribution in [0.2, 0.25) is 0 Å². The van der Waals surface area contributed by atoms with Crippen LogP contribution >= 0.6 is 11.8 Å². The number of thioether (sulfide) groups is 1. The van der Waals surface area contributed by atoms with E-state index in [4.69, 9.17) is 4.42 Å². The summed E-state index contributed by atoms with van der Waals surface area (Å²) in [5, 5.41) is 1.91. The molecule has 0 spiro atoms. The minimum atomic E-state index is -0.307. The zero-order valence-electron chi connectivity index (χ0n) is 11.3. The van der Waals surface area contributed by atoms with Gasteiger partial charge in [0.05, 0.1) is 0 Å². The normalized spacial score (nSPS) is 11.1. The molecule has 0 saturated carbocycles. The summed E-state index contributed by atoms with van der Waals surface area (Å²) in [6.07, 6.45) is 3.67. The quantitative estimate of drug-likeness (QED) is 0.548. The van der Waals surface area contributed by atoms with Crippen molar-refractivity contribution in [2.45, 2.75) is 17.8 Å². The van der Waals surface area contributed by atoms with Crippen LogP contribution in [0.5, 0.6) is 0 Å². The molecule has 0 aliphatic rings. The molecule has 102 valence electrons. The van der Waals surface area contributed by atoms with Gasteiger partial charge in [-0.25, -0.2) is 9.78 Å². The molecule has 3 rings (SSSR count). The van der Waals surface area contributed by atoms with E-state index in [0.29, 0.717) is 11.3 Å². The van der Waals surface area contributed by atoms with E-state index in [2.05, 4.69) is 4.98 Å². The van der Waals surface area contributed by atoms with Crippen molar-refractivity contribution in [2.75, 3.05) is 0 Å². The highest BCUT2D eigenvalue weighted by Crippen LogP contribution is 2.25. The van der Waals surface area contributed by atoms with Gasteiger partial charge in [0.15, 0.2) is 5.16 Å². The first kappa shape index (κ1) is 13.0. The third-order valence-corrected chi connectivity index (χ3v) is 4.23. The molecule has 0 N–H and O–H groups in total. The first-order valence-electron chi connectivity index (χ1n) is 6.27. The predicted octanol–water partition coefficient (Wildman–Crippen LogP) is 3.13. The Labute approximate surface area is 120 Å². The van der Waals surface area contributed by atoms with Crippen LogP contribution in [-0.2, 0) is 12.8 Å². The van der Waals surface area contributed by atoms with Crippen LogP contribution in [0.4, 0.5) is 0 Å². The lowest BCUT2D eigenvalue weighted by molar-refractivity contribution is 0.559. The molecule has 1 aromatic carbocycles. The van der Waals surface area contributed by atoms with Gasteiger partial charge in [-0.15, -0.1) is 0 Å². The summed E-state index contributed by atoms with van der Waals surface area (Å²) < 4.78 is 7.22. The number of nitrogens with zero attached hydrogens (tertiary/aromatic N) is 2. The first-order valence-corrected chi connectivity index (χ1v) is 7.25. The third-order valence-electron chi connectivity index (χ3n) is 3.12. The molecular formula is C15H14N2O2S. The largest absolute Gasteiger partial charge is 0.423 e. The maximum atomic E-state index is 11.6. The van der Waals surface area contributed by atoms with E-state index in [-0.39, 0.29) is 5.63 Å². The summed E-state index contributed by atoms with van der Waals surface area (Å²) >= 11 is 1.61. The van der Waals surface area contributed by atoms with E-state index in [9.17, 15) is 4.79 Å². The molecule has 0 bridgehead atoms. The molecule has 3 aromatic rings. The predicted molar refractivity (Wildman–Crippen MR) is 80.0 cm³/mol. The molecule has 0 aliphatic heterocycles. The van der Waals surface area contributed by atoms with E-state index in [1.807, 2.05) is 42.9 Å². The smallest absolute Gasteiger partial charge is 0.336 e. The fourth-order valence-electron chi connectivity index (χ4n) is 2.09. The molecule has 2 heterocycles. The van der Waals surface area contributed by atoms with Crippen LogP contribution in [0, 0.1) is 6.92 Å². The standard InChI is InChI=1S/C15H14N2O2S/c1-10-3-4-12-11(8-14(18)19-13(12)7-10)9-20-15-16-5-6-17(15)2/h3-8H,9H2,1-2H3. The Morgan fingerprint density at radius 2 is 2.20 bits per heavy atom. The van der Waals surface area contributed by atoms with Gasteiger partial charge in [0.25, 0.3) is 0 Å². The molecule has 0 fully saturated rings. The highest BCUT2D eigenvalue weighted by atomic mass is 32.2. The molecule has 0 saturated heterocycles. The average Bonchev–Trinajstić information content (AvgIpc) is 2.80. The number of aryl methyl sites for hydroxylation is 2. The molecule has 0 radical (unpaired) electrons. The molecular weight excluding hydrogens is 272 g/mol. The van der Waals surface area contributed by atoms with Crippen molar-refractivity contribution in [3.05, 3.63) is 58.2 Å². The molecule has 20 heavy (non-hydrogen) atoms. The zero-order chi connectivity index (χ0) is 14.1. The van der Waals surface area contributed by atoms with Crippen molar-refractivity contribution < 1.29 is 4.42 Å². The van der Waals surface area contributed by atoms with Crippen LogP contribution < -0.4 is 5.63 Å². The lowest BCUT2D eigenvalue weighted by Gasteiger charge is -2.06. The fraction of sp³-hybridized carbons (Fsp3) is 0.200. The second kappa shape index (κ2) is 5.17. The van der Waals surface area contributed by atoms with Gasteiger partial charge in [0.2, 0.25) is 0 Å². The van der Waals surface area contributed by atoms with Crippen LogP contribution in [0.25, 0.3) is 11.0 Å². The third kappa shape index (κ3) is 2.49. The van der Waals surface area contributed by atoms with E-state index < -0.39 is 0 Å². The van der Waals surface area contributed by atoms with Crippen LogP contribution in [0.15, 0.2) is 51.0 Å². The van der Waals surface area contributed by atoms with Gasteiger partial charge in [0.1, 0.15) is 5.58 Å². The van der Waals surface area contributed by atoms with Crippen molar-refractivity contribution in [1.29, 1.82) is 0 Å². The van der Waals surface area contributed by atoms with Gasteiger partial charge >= 0.3 is 5.63 Å². The van der Waals surface area contributed by atoms with E-state index in [0.717, 1.165) is 21.7 Å². The Balaban J connectivity index is 1.98. The fourth-order valence-corrected chi connectivity index (χ4v) is 3.01. The molecule has 4 nitrogen and oxygen atoms in total. The molecule has 0 amide bonds. The Morgan fingerprint density at radius 1 is 1.35 bits per heavy atom. The first-order chi connectivity index (χ1) is 9.63. The van der Waals surface area contributed by atoms with Gasteiger partial charge in [-0.1, -0.05) is 23.9 Å². The van der Waals surface area contributed by atoms with Crippen LogP contribution in [-0.4, -0.2) is 9.55 Å². The van der Waals surface area contributed by atoms with Crippen molar-refractivity contribution in [2.24, 2.45) is 7.05 Å². The molecule has 0 aliphatic carbocycles. The summed E-state index contributed by atoms with van der Waals surface area (Å²) in [6.45, 7) is 1.98. The molecule has 2 aromatic heterocycles. The van der Waals surface area contributed by atoms with Crippen molar-refractivity contribution in [1.82, 2.24) is 9.55 Å². The van der Waals surface area contributed by atoms with Gasteiger partial charge in [-0.05, 0) is 24.1 Å². The summed E-state index contributed by atoms with van der Waals surface area (Å²) in [7, 11) is 1.95. The number of imidazole rings is 1. The van der Waals surface area contributed by atoms with Crippen LogP contribution in [0.3, 0.4) is 0 Å². The topological polar surface area (TPSA) is 48.0 Å². The number of fused-ring (bicyclic) bond motifs is 1. The molecule has 0 atom stereocenters. The minimum absolute atomic E-state index is 0.307. The summed E-state index contributed by atoms with van der Waals surface area (Å²) in [6, 6.07) is 7.48. The van der Waals surface area contributed by atoms with Crippen molar-refractivity contribution in [3.63, 3.8) is 0 Å². The Hall–Kier alpha value is -2.01. The Bertz CT molecular complexity index is 820. The van der Waals surface area contributed by atoms with E-state index >= 15 is 0 Å². The van der Waals surface area contributed by atoms with E-state index in [1.54, 1.807) is 24.0 Å². The minimum Gasteiger partial charge on any atom is -0.423 e. The summed E-state index contributed by atoms with van der Waals surface area (Å²) in [5.74, 6) is 0.690. The average molecular weight is 286 g/mol. The molecule has 5 heteroatoms. The molecule has 0 unspecified atom stereocenters. The number of hydrogen-bond acceptors (Lipinski definition) is 4. The Kier molecular flexibility index (Phi) is 3.36. The lowest BCUT2D eigenvalue weighted by atomic mass is 10.1. The van der Waals surface area contributed by atoms with Gasteiger partial charge in [0, 0.05) is 36.6 Å². The SMILES string of the molecule is Cc1ccc2c(CSc3nccn3C)cc(=O)oc2c1. The second-order valence-electron chi connectivity index (χ2n) is 4.70. The number of hydrogen-bond donors (Lipinski definition) is 0. The Morgan fingerprint density at radius 3 is 2.95 bits per heavy atom. The monoisotopic (exact) mass is 286 g/mol. The van der Waals surface area contributed by atoms with Gasteiger partial charge in [-0.2, -0.15) is 0 Å². The number of benzene rings is 1. The summed E-state index contributed by atoms with van der Waals surface area (Å²) in [5.41, 5.74) is 2.39. The maximum Gasteiger partial charge on any atom is 0.336 e. The highest BCUT2D eigenvalue weighted by molar-refractivity contribution is 7.98. The summed E-state index contributed by atoms with van der Waals surface area (Å²) in [4.78, 5) is 15.9. The van der Waals surface area contributed by atoms with Crippen LogP contribution in [0.1, 0.15) is 11.1 Å². The van der Waals surface area contributed by atoms with Gasteiger partial charge < -0.3 is 8.98 Å². The van der Waals surface area contributed by atoms with Gasteiger partial charge in [-0.3, -0.25) is 0 Å². The van der Waals surface area contributed by atoms with E-state index in [1.165, 1.54) is 0 Å². The zero-order valence-corrected chi connectivity index (χ0v) is 12.1. The number of rotatable bonds is 3. The second-order valence-corrected chi connectivity index (χ2v) is 5.64. The van der Waals surface area contributed by atoms with Crippen molar-refractivity contribution >= 4 is 22.7 Å².